The molecule has 0 unspecified atom stereocenters. The molecule has 0 spiro atoms. The minimum atomic E-state index is -0.956. The number of hydrogen-bond acceptors (Lipinski definition) is 8. The smallest absolute Gasteiger partial charge is 0.329 e. The second kappa shape index (κ2) is 12.0. The summed E-state index contributed by atoms with van der Waals surface area (Å²) < 4.78 is 16.3. The summed E-state index contributed by atoms with van der Waals surface area (Å²) in [4.78, 5) is 34.8. The molecule has 2 N–H and O–H groups in total. The molecule has 3 aromatic rings. The standard InChI is InChI=1S/C25H24N4O7/c1-16-12-19(9-10-21(16)29(32)33)36-15-18-13-17(8-11-22(18)34-2)14-26-28-25(31)24(30)27-20-6-4-5-7-23(20)35-3/h4-14H,15H2,1-3H3,(H,27,30)(H,28,31)/b26-14+. The van der Waals surface area contributed by atoms with Crippen LogP contribution in [0.3, 0.4) is 0 Å². The third-order valence-electron chi connectivity index (χ3n) is 5.00. The lowest BCUT2D eigenvalue weighted by Gasteiger charge is -2.11. The summed E-state index contributed by atoms with van der Waals surface area (Å²) in [6.07, 6.45) is 1.37. The van der Waals surface area contributed by atoms with Gasteiger partial charge in [-0.15, -0.1) is 0 Å². The number of anilines is 1. The molecule has 186 valence electrons. The summed E-state index contributed by atoms with van der Waals surface area (Å²) in [6, 6.07) is 16.3. The molecule has 11 nitrogen and oxygen atoms in total. The summed E-state index contributed by atoms with van der Waals surface area (Å²) in [5, 5.41) is 17.3. The Bertz CT molecular complexity index is 1310. The number of hydrazone groups is 1. The Morgan fingerprint density at radius 1 is 1.00 bits per heavy atom. The number of ether oxygens (including phenoxy) is 3. The molecule has 0 bridgehead atoms. The summed E-state index contributed by atoms with van der Waals surface area (Å²) in [7, 11) is 2.97. The molecular formula is C25H24N4O7. The lowest BCUT2D eigenvalue weighted by molar-refractivity contribution is -0.385. The number of nitro benzene ring substituents is 1. The molecule has 0 aliphatic heterocycles. The molecule has 0 atom stereocenters. The molecule has 0 saturated carbocycles. The van der Waals surface area contributed by atoms with Crippen LogP contribution in [-0.2, 0) is 16.2 Å². The molecule has 36 heavy (non-hydrogen) atoms. The van der Waals surface area contributed by atoms with Crippen molar-refractivity contribution in [2.24, 2.45) is 5.10 Å². The van der Waals surface area contributed by atoms with Gasteiger partial charge >= 0.3 is 11.8 Å². The second-order valence-electron chi connectivity index (χ2n) is 7.42. The van der Waals surface area contributed by atoms with E-state index in [1.165, 1.54) is 32.6 Å². The second-order valence-corrected chi connectivity index (χ2v) is 7.42. The fourth-order valence-corrected chi connectivity index (χ4v) is 3.22. The number of methoxy groups -OCH3 is 2. The highest BCUT2D eigenvalue weighted by Gasteiger charge is 2.15. The summed E-state index contributed by atoms with van der Waals surface area (Å²) in [5.41, 5.74) is 4.31. The maximum atomic E-state index is 12.1. The predicted octanol–water partition coefficient (Wildman–Crippen LogP) is 3.59. The molecule has 11 heteroatoms. The number of nitrogens with zero attached hydrogens (tertiary/aromatic N) is 2. The zero-order valence-corrected chi connectivity index (χ0v) is 19.8. The number of hydrogen-bond donors (Lipinski definition) is 2. The molecular weight excluding hydrogens is 468 g/mol. The van der Waals surface area contributed by atoms with E-state index in [0.29, 0.717) is 39.6 Å². The Labute approximate surface area is 206 Å². The van der Waals surface area contributed by atoms with E-state index in [1.54, 1.807) is 55.5 Å². The average Bonchev–Trinajstić information content (AvgIpc) is 2.87. The molecule has 0 aliphatic carbocycles. The lowest BCUT2D eigenvalue weighted by Crippen LogP contribution is -2.32. The minimum Gasteiger partial charge on any atom is -0.496 e. The largest absolute Gasteiger partial charge is 0.496 e. The zero-order valence-electron chi connectivity index (χ0n) is 19.8. The first-order valence-corrected chi connectivity index (χ1v) is 10.6. The Kier molecular flexibility index (Phi) is 8.54. The van der Waals surface area contributed by atoms with Crippen molar-refractivity contribution in [1.29, 1.82) is 0 Å². The van der Waals surface area contributed by atoms with E-state index in [9.17, 15) is 19.7 Å². The van der Waals surface area contributed by atoms with Crippen molar-refractivity contribution in [3.63, 3.8) is 0 Å². The maximum Gasteiger partial charge on any atom is 0.329 e. The van der Waals surface area contributed by atoms with Crippen molar-refractivity contribution in [2.75, 3.05) is 19.5 Å². The fraction of sp³-hybridized carbons (Fsp3) is 0.160. The van der Waals surface area contributed by atoms with Gasteiger partial charge in [0, 0.05) is 17.2 Å². The van der Waals surface area contributed by atoms with Gasteiger partial charge in [0.05, 0.1) is 31.0 Å². The lowest BCUT2D eigenvalue weighted by atomic mass is 10.1. The molecule has 3 aromatic carbocycles. The van der Waals surface area contributed by atoms with Crippen molar-refractivity contribution < 1.29 is 28.7 Å². The van der Waals surface area contributed by atoms with Gasteiger partial charge in [0.1, 0.15) is 23.9 Å². The van der Waals surface area contributed by atoms with Crippen LogP contribution in [0.25, 0.3) is 0 Å². The Morgan fingerprint density at radius 2 is 1.75 bits per heavy atom. The van der Waals surface area contributed by atoms with E-state index >= 15 is 0 Å². The number of nitrogens with one attached hydrogen (secondary N) is 2. The van der Waals surface area contributed by atoms with E-state index in [1.807, 2.05) is 0 Å². The molecule has 0 saturated heterocycles. The number of aryl methyl sites for hydroxylation is 1. The molecule has 0 heterocycles. The van der Waals surface area contributed by atoms with Crippen LogP contribution in [0.1, 0.15) is 16.7 Å². The SMILES string of the molecule is COc1ccc(/C=N/NC(=O)C(=O)Nc2ccccc2OC)cc1COc1ccc([N+](=O)[O-])c(C)c1. The third kappa shape index (κ3) is 6.56. The molecule has 0 radical (unpaired) electrons. The molecule has 0 aliphatic rings. The highest BCUT2D eigenvalue weighted by molar-refractivity contribution is 6.39. The fourth-order valence-electron chi connectivity index (χ4n) is 3.22. The van der Waals surface area contributed by atoms with Crippen LogP contribution in [0.15, 0.2) is 65.8 Å². The van der Waals surface area contributed by atoms with E-state index in [0.717, 1.165) is 0 Å². The highest BCUT2D eigenvalue weighted by atomic mass is 16.6. The van der Waals surface area contributed by atoms with Gasteiger partial charge in [-0.1, -0.05) is 12.1 Å². The van der Waals surface area contributed by atoms with Crippen LogP contribution in [0.2, 0.25) is 0 Å². The summed E-state index contributed by atoms with van der Waals surface area (Å²) >= 11 is 0. The van der Waals surface area contributed by atoms with Gasteiger partial charge in [-0.2, -0.15) is 5.10 Å². The van der Waals surface area contributed by atoms with Gasteiger partial charge in [-0.25, -0.2) is 5.43 Å². The number of benzene rings is 3. The van der Waals surface area contributed by atoms with Crippen LogP contribution in [0, 0.1) is 17.0 Å². The summed E-state index contributed by atoms with van der Waals surface area (Å²) in [5.74, 6) is -0.417. The topological polar surface area (TPSA) is 141 Å². The van der Waals surface area contributed by atoms with Crippen LogP contribution >= 0.6 is 0 Å². The third-order valence-corrected chi connectivity index (χ3v) is 5.00. The van der Waals surface area contributed by atoms with Gasteiger partial charge in [-0.3, -0.25) is 19.7 Å². The van der Waals surface area contributed by atoms with E-state index < -0.39 is 16.7 Å². The van der Waals surface area contributed by atoms with Crippen molar-refractivity contribution in [3.05, 3.63) is 87.5 Å². The number of amides is 2. The maximum absolute atomic E-state index is 12.1. The van der Waals surface area contributed by atoms with E-state index in [2.05, 4.69) is 15.8 Å². The van der Waals surface area contributed by atoms with Gasteiger partial charge in [0.15, 0.2) is 0 Å². The number of carbonyl (C=O) groups is 2. The van der Waals surface area contributed by atoms with Crippen LogP contribution in [0.4, 0.5) is 11.4 Å². The van der Waals surface area contributed by atoms with Crippen molar-refractivity contribution in [3.8, 4) is 17.2 Å². The number of para-hydroxylation sites is 2. The summed E-state index contributed by atoms with van der Waals surface area (Å²) in [6.45, 7) is 1.75. The molecule has 0 aromatic heterocycles. The van der Waals surface area contributed by atoms with E-state index in [4.69, 9.17) is 14.2 Å². The van der Waals surface area contributed by atoms with Gasteiger partial charge in [0.2, 0.25) is 0 Å². The zero-order chi connectivity index (χ0) is 26.1. The van der Waals surface area contributed by atoms with Crippen molar-refractivity contribution >= 4 is 29.4 Å². The molecule has 2 amide bonds. The predicted molar refractivity (Wildman–Crippen MR) is 133 cm³/mol. The first-order chi connectivity index (χ1) is 17.3. The quantitative estimate of drug-likeness (QED) is 0.201. The van der Waals surface area contributed by atoms with Gasteiger partial charge in [-0.05, 0) is 55.0 Å². The normalized spacial score (nSPS) is 10.5. The molecule has 3 rings (SSSR count). The Morgan fingerprint density at radius 3 is 2.44 bits per heavy atom. The number of nitro groups is 1. The average molecular weight is 492 g/mol. The number of carbonyl (C=O) groups excluding carboxylic acids is 2. The van der Waals surface area contributed by atoms with Crippen molar-refractivity contribution in [1.82, 2.24) is 5.43 Å². The number of rotatable bonds is 9. The van der Waals surface area contributed by atoms with Crippen LogP contribution in [-0.4, -0.2) is 37.2 Å². The first-order valence-electron chi connectivity index (χ1n) is 10.6. The minimum absolute atomic E-state index is 0.0109. The Hall–Kier alpha value is -4.93. The highest BCUT2D eigenvalue weighted by Crippen LogP contribution is 2.26. The monoisotopic (exact) mass is 492 g/mol. The Balaban J connectivity index is 1.63. The van der Waals surface area contributed by atoms with Gasteiger partial charge < -0.3 is 19.5 Å². The first kappa shape index (κ1) is 25.7. The van der Waals surface area contributed by atoms with Crippen LogP contribution < -0.4 is 25.0 Å². The van der Waals surface area contributed by atoms with E-state index in [-0.39, 0.29) is 12.3 Å². The van der Waals surface area contributed by atoms with Crippen LogP contribution in [0.5, 0.6) is 17.2 Å². The van der Waals surface area contributed by atoms with Gasteiger partial charge in [0.25, 0.3) is 5.69 Å². The molecule has 0 fully saturated rings. The van der Waals surface area contributed by atoms with Crippen molar-refractivity contribution in [2.45, 2.75) is 13.5 Å².